The van der Waals surface area contributed by atoms with Gasteiger partial charge in [0.2, 0.25) is 5.91 Å². The lowest BCUT2D eigenvalue weighted by atomic mass is 9.94. The van der Waals surface area contributed by atoms with Crippen LogP contribution in [0.25, 0.3) is 0 Å². The van der Waals surface area contributed by atoms with Gasteiger partial charge in [-0.15, -0.1) is 11.3 Å². The van der Waals surface area contributed by atoms with Crippen LogP contribution in [0.1, 0.15) is 28.5 Å². The Morgan fingerprint density at radius 1 is 1.25 bits per heavy atom. The molecule has 1 aromatic carbocycles. The molecule has 0 spiro atoms. The number of amides is 1. The van der Waals surface area contributed by atoms with Crippen molar-refractivity contribution in [1.82, 2.24) is 10.3 Å². The quantitative estimate of drug-likeness (QED) is 0.897. The van der Waals surface area contributed by atoms with Crippen LogP contribution < -0.4 is 10.2 Å². The molecule has 0 bridgehead atoms. The molecule has 0 fully saturated rings. The molecule has 3 rings (SSSR count). The predicted molar refractivity (Wildman–Crippen MR) is 94.3 cm³/mol. The lowest BCUT2D eigenvalue weighted by Crippen LogP contribution is -2.21. The molecule has 1 aliphatic heterocycles. The molecular formula is C16H19N3O3S2. The molecule has 24 heavy (non-hydrogen) atoms. The van der Waals surface area contributed by atoms with Gasteiger partial charge < -0.3 is 10.2 Å². The number of carbonyl (C=O) groups is 1. The lowest BCUT2D eigenvalue weighted by Gasteiger charge is -2.14. The number of benzene rings is 1. The molecule has 6 nitrogen and oxygen atoms in total. The van der Waals surface area contributed by atoms with Gasteiger partial charge in [0.25, 0.3) is 0 Å². The Kier molecular flexibility index (Phi) is 4.35. The molecule has 0 saturated heterocycles. The second-order valence-electron chi connectivity index (χ2n) is 6.08. The number of hydrogen-bond donors (Lipinski definition) is 1. The van der Waals surface area contributed by atoms with Gasteiger partial charge in [-0.3, -0.25) is 4.79 Å². The number of carbonyl (C=O) groups excluding carboxylic acids is 1. The smallest absolute Gasteiger partial charge is 0.221 e. The average molecular weight is 365 g/mol. The zero-order chi connectivity index (χ0) is 17.5. The summed E-state index contributed by atoms with van der Waals surface area (Å²) < 4.78 is 23.3. The molecule has 1 amide bonds. The Labute approximate surface area is 145 Å². The Morgan fingerprint density at radius 3 is 2.50 bits per heavy atom. The highest BCUT2D eigenvalue weighted by molar-refractivity contribution is 7.90. The summed E-state index contributed by atoms with van der Waals surface area (Å²) in [4.78, 5) is 19.9. The molecule has 0 saturated carbocycles. The van der Waals surface area contributed by atoms with E-state index in [2.05, 4.69) is 10.3 Å². The third-order valence-electron chi connectivity index (χ3n) is 3.97. The highest BCUT2D eigenvalue weighted by Crippen LogP contribution is 2.39. The van der Waals surface area contributed by atoms with Gasteiger partial charge in [-0.25, -0.2) is 13.4 Å². The molecule has 2 aromatic rings. The first-order chi connectivity index (χ1) is 11.3. The van der Waals surface area contributed by atoms with E-state index in [1.54, 1.807) is 35.6 Å². The molecule has 2 heterocycles. The summed E-state index contributed by atoms with van der Waals surface area (Å²) in [5.41, 5.74) is 1.81. The second kappa shape index (κ2) is 6.18. The Bertz CT molecular complexity index is 870. The van der Waals surface area contributed by atoms with Crippen LogP contribution >= 0.6 is 11.3 Å². The normalized spacial score (nSPS) is 17.8. The van der Waals surface area contributed by atoms with Crippen LogP contribution in [0.5, 0.6) is 0 Å². The molecule has 1 aromatic heterocycles. The summed E-state index contributed by atoms with van der Waals surface area (Å²) in [5, 5.41) is 3.78. The zero-order valence-electron chi connectivity index (χ0n) is 13.7. The van der Waals surface area contributed by atoms with Gasteiger partial charge >= 0.3 is 0 Å². The van der Waals surface area contributed by atoms with E-state index in [9.17, 15) is 13.2 Å². The Morgan fingerprint density at radius 2 is 1.92 bits per heavy atom. The molecule has 1 N–H and O–H groups in total. The first-order valence-corrected chi connectivity index (χ1v) is 10.2. The molecule has 1 aliphatic rings. The summed E-state index contributed by atoms with van der Waals surface area (Å²) in [5.74, 6) is -0.133. The topological polar surface area (TPSA) is 79.4 Å². The fourth-order valence-electron chi connectivity index (χ4n) is 2.69. The summed E-state index contributed by atoms with van der Waals surface area (Å²) in [7, 11) is 0.643. The van der Waals surface area contributed by atoms with Crippen LogP contribution in [-0.4, -0.2) is 39.7 Å². The summed E-state index contributed by atoms with van der Waals surface area (Å²) in [6.45, 7) is 0.427. The van der Waals surface area contributed by atoms with Gasteiger partial charge in [-0.1, -0.05) is 12.1 Å². The average Bonchev–Trinajstić information content (AvgIpc) is 2.88. The first kappa shape index (κ1) is 16.9. The van der Waals surface area contributed by atoms with Crippen molar-refractivity contribution in [2.75, 3.05) is 25.3 Å². The minimum Gasteiger partial charge on any atom is -0.354 e. The second-order valence-corrected chi connectivity index (χ2v) is 9.10. The predicted octanol–water partition coefficient (Wildman–Crippen LogP) is 1.76. The van der Waals surface area contributed by atoms with Crippen LogP contribution in [0.3, 0.4) is 0 Å². The minimum absolute atomic E-state index is 0.0243. The van der Waals surface area contributed by atoms with Crippen molar-refractivity contribution in [3.8, 4) is 0 Å². The van der Waals surface area contributed by atoms with Crippen molar-refractivity contribution in [2.45, 2.75) is 23.8 Å². The van der Waals surface area contributed by atoms with Gasteiger partial charge in [0.05, 0.1) is 17.1 Å². The maximum atomic E-state index is 12.0. The van der Waals surface area contributed by atoms with Crippen molar-refractivity contribution >= 4 is 32.2 Å². The number of nitrogens with one attached hydrogen (secondary N) is 1. The van der Waals surface area contributed by atoms with Gasteiger partial charge in [0, 0.05) is 37.6 Å². The third-order valence-corrected chi connectivity index (χ3v) is 6.48. The number of aromatic nitrogens is 1. The standard InChI is InChI=1S/C16H19N3O3S2/c1-19(2)16-18-13-9-17-14(20)8-12(15(13)23-16)10-4-6-11(7-5-10)24(3,21)22/h4-7,12H,8-9H2,1-3H3,(H,17,20)/t12-/m1/s1. The van der Waals surface area contributed by atoms with Gasteiger partial charge in [0.15, 0.2) is 15.0 Å². The van der Waals surface area contributed by atoms with Gasteiger partial charge in [-0.2, -0.15) is 0 Å². The van der Waals surface area contributed by atoms with E-state index in [1.807, 2.05) is 19.0 Å². The van der Waals surface area contributed by atoms with Crippen LogP contribution in [0.2, 0.25) is 0 Å². The lowest BCUT2D eigenvalue weighted by molar-refractivity contribution is -0.121. The van der Waals surface area contributed by atoms with Gasteiger partial charge in [0.1, 0.15) is 0 Å². The summed E-state index contributed by atoms with van der Waals surface area (Å²) in [6.07, 6.45) is 1.52. The van der Waals surface area contributed by atoms with Crippen LogP contribution in [0, 0.1) is 0 Å². The fourth-order valence-corrected chi connectivity index (χ4v) is 4.45. The molecule has 1 atom stereocenters. The third kappa shape index (κ3) is 3.29. The number of thiazole rings is 1. The van der Waals surface area contributed by atoms with Crippen molar-refractivity contribution in [1.29, 1.82) is 0 Å². The van der Waals surface area contributed by atoms with Gasteiger partial charge in [-0.05, 0) is 17.7 Å². The molecule has 0 radical (unpaired) electrons. The highest BCUT2D eigenvalue weighted by Gasteiger charge is 2.28. The fraction of sp³-hybridized carbons (Fsp3) is 0.375. The van der Waals surface area contributed by atoms with E-state index >= 15 is 0 Å². The maximum Gasteiger partial charge on any atom is 0.221 e. The zero-order valence-corrected chi connectivity index (χ0v) is 15.4. The molecule has 0 unspecified atom stereocenters. The largest absolute Gasteiger partial charge is 0.354 e. The first-order valence-electron chi connectivity index (χ1n) is 7.49. The van der Waals surface area contributed by atoms with Crippen molar-refractivity contribution in [3.63, 3.8) is 0 Å². The minimum atomic E-state index is -3.23. The van der Waals surface area contributed by atoms with E-state index < -0.39 is 9.84 Å². The number of anilines is 1. The van der Waals surface area contributed by atoms with E-state index in [4.69, 9.17) is 0 Å². The maximum absolute atomic E-state index is 12.0. The molecule has 128 valence electrons. The molecule has 0 aliphatic carbocycles. The Hall–Kier alpha value is -1.93. The van der Waals surface area contributed by atoms with Crippen molar-refractivity contribution in [3.05, 3.63) is 40.4 Å². The molecule has 8 heteroatoms. The summed E-state index contributed by atoms with van der Waals surface area (Å²) >= 11 is 1.58. The SMILES string of the molecule is CN(C)c1nc2c(s1)[C@@H](c1ccc(S(C)(=O)=O)cc1)CC(=O)NC2. The van der Waals surface area contributed by atoms with Crippen LogP contribution in [-0.2, 0) is 21.2 Å². The van der Waals surface area contributed by atoms with Crippen LogP contribution in [0.4, 0.5) is 5.13 Å². The van der Waals surface area contributed by atoms with Crippen LogP contribution in [0.15, 0.2) is 29.2 Å². The number of sulfone groups is 1. The number of nitrogens with zero attached hydrogens (tertiary/aromatic N) is 2. The monoisotopic (exact) mass is 365 g/mol. The number of fused-ring (bicyclic) bond motifs is 1. The van der Waals surface area contributed by atoms with Crippen molar-refractivity contribution < 1.29 is 13.2 Å². The highest BCUT2D eigenvalue weighted by atomic mass is 32.2. The van der Waals surface area contributed by atoms with E-state index in [1.165, 1.54) is 6.26 Å². The Balaban J connectivity index is 2.04. The van der Waals surface area contributed by atoms with Crippen molar-refractivity contribution in [2.24, 2.45) is 0 Å². The van der Waals surface area contributed by atoms with E-state index in [0.717, 1.165) is 21.3 Å². The molecular weight excluding hydrogens is 346 g/mol. The number of hydrogen-bond acceptors (Lipinski definition) is 6. The number of rotatable bonds is 3. The van der Waals surface area contributed by atoms with E-state index in [0.29, 0.717) is 13.0 Å². The summed E-state index contributed by atoms with van der Waals surface area (Å²) in [6, 6.07) is 6.78. The van der Waals surface area contributed by atoms with E-state index in [-0.39, 0.29) is 16.7 Å².